The first-order valence-corrected chi connectivity index (χ1v) is 14.2. The second-order valence-corrected chi connectivity index (χ2v) is 11.5. The van der Waals surface area contributed by atoms with Crippen LogP contribution >= 0.6 is 11.6 Å². The number of non-ortho nitro benzene ring substituents is 1. The van der Waals surface area contributed by atoms with Gasteiger partial charge in [0, 0.05) is 41.9 Å². The van der Waals surface area contributed by atoms with Gasteiger partial charge in [-0.25, -0.2) is 13.1 Å². The molecule has 12 nitrogen and oxygen atoms in total. The van der Waals surface area contributed by atoms with E-state index in [0.29, 0.717) is 42.3 Å². The van der Waals surface area contributed by atoms with Crippen molar-refractivity contribution in [1.29, 1.82) is 0 Å². The molecule has 0 unspecified atom stereocenters. The Morgan fingerprint density at radius 2 is 2.05 bits per heavy atom. The van der Waals surface area contributed by atoms with E-state index in [1.807, 2.05) is 0 Å². The van der Waals surface area contributed by atoms with E-state index in [4.69, 9.17) is 21.1 Å². The average Bonchev–Trinajstić information content (AvgIpc) is 3.42. The lowest BCUT2D eigenvalue weighted by molar-refractivity contribution is -0.385. The summed E-state index contributed by atoms with van der Waals surface area (Å²) in [5.74, 6) is -0.567. The summed E-state index contributed by atoms with van der Waals surface area (Å²) < 4.78 is 41.8. The fourth-order valence-corrected chi connectivity index (χ4v) is 5.82. The number of benzene rings is 2. The number of ether oxygens (including phenoxy) is 2. The number of nitrogens with zero attached hydrogens (tertiary/aromatic N) is 3. The quantitative estimate of drug-likeness (QED) is 0.272. The maximum Gasteiger partial charge on any atom is 0.272 e. The molecular weight excluding hydrogens is 550 g/mol. The highest BCUT2D eigenvalue weighted by atomic mass is 35.5. The van der Waals surface area contributed by atoms with Crippen LogP contribution in [0.3, 0.4) is 0 Å². The number of nitro benzene ring substituents is 1. The Labute approximate surface area is 229 Å². The summed E-state index contributed by atoms with van der Waals surface area (Å²) in [7, 11) is -4.15. The number of hydrogen-bond donors (Lipinski definition) is 2. The first kappa shape index (κ1) is 27.1. The summed E-state index contributed by atoms with van der Waals surface area (Å²) >= 11 is 6.20. The summed E-state index contributed by atoms with van der Waals surface area (Å²) in [4.78, 5) is 23.4. The van der Waals surface area contributed by atoms with E-state index in [0.717, 1.165) is 25.0 Å². The number of nitro groups is 1. The zero-order valence-corrected chi connectivity index (χ0v) is 22.5. The van der Waals surface area contributed by atoms with Crippen LogP contribution in [0.4, 0.5) is 5.69 Å². The van der Waals surface area contributed by atoms with Crippen LogP contribution in [-0.4, -0.2) is 54.3 Å². The number of carbonyl (C=O) groups excluding carboxylic acids is 1. The van der Waals surface area contributed by atoms with Gasteiger partial charge >= 0.3 is 0 Å². The topological polar surface area (TPSA) is 155 Å². The predicted octanol–water partition coefficient (Wildman–Crippen LogP) is 3.88. The van der Waals surface area contributed by atoms with Crippen molar-refractivity contribution in [2.45, 2.75) is 49.6 Å². The van der Waals surface area contributed by atoms with Crippen LogP contribution in [0.1, 0.15) is 41.7 Å². The van der Waals surface area contributed by atoms with E-state index in [-0.39, 0.29) is 29.5 Å². The molecule has 2 heterocycles. The third-order valence-electron chi connectivity index (χ3n) is 6.38. The second-order valence-electron chi connectivity index (χ2n) is 9.40. The van der Waals surface area contributed by atoms with Crippen molar-refractivity contribution in [3.8, 4) is 17.3 Å². The van der Waals surface area contributed by atoms with Crippen LogP contribution < -0.4 is 14.8 Å². The van der Waals surface area contributed by atoms with Crippen molar-refractivity contribution in [3.63, 3.8) is 0 Å². The molecule has 1 saturated carbocycles. The minimum absolute atomic E-state index is 0.0521. The van der Waals surface area contributed by atoms with Crippen LogP contribution in [0, 0.1) is 17.0 Å². The Morgan fingerprint density at radius 3 is 2.72 bits per heavy atom. The number of nitrogens with one attached hydrogen (secondary N) is 2. The number of rotatable bonds is 10. The van der Waals surface area contributed by atoms with Gasteiger partial charge in [0.2, 0.25) is 15.9 Å². The molecule has 1 saturated heterocycles. The Morgan fingerprint density at radius 1 is 1.26 bits per heavy atom. The van der Waals surface area contributed by atoms with E-state index in [9.17, 15) is 23.3 Å². The maximum absolute atomic E-state index is 13.1. The van der Waals surface area contributed by atoms with Gasteiger partial charge in [-0.1, -0.05) is 17.7 Å². The lowest BCUT2D eigenvalue weighted by Gasteiger charge is -2.14. The van der Waals surface area contributed by atoms with Gasteiger partial charge in [0.15, 0.2) is 5.69 Å². The molecule has 1 atom stereocenters. The van der Waals surface area contributed by atoms with E-state index >= 15 is 0 Å². The Bertz CT molecular complexity index is 1530. The lowest BCUT2D eigenvalue weighted by Crippen LogP contribution is -2.32. The molecule has 3 aromatic rings. The normalized spacial score (nSPS) is 17.2. The van der Waals surface area contributed by atoms with Crippen LogP contribution in [0.25, 0.3) is 5.69 Å². The molecule has 2 N–H and O–H groups in total. The fraction of sp³-hybridized carbons (Fsp3) is 0.360. The minimum Gasteiger partial charge on any atom is -0.437 e. The number of amides is 1. The highest BCUT2D eigenvalue weighted by Crippen LogP contribution is 2.36. The smallest absolute Gasteiger partial charge is 0.272 e. The SMILES string of the molecule is Cc1c(C(=O)NC[C@H]2CCCO2)nn(-c2cccc(Cl)c2)c1Oc1ccc([N+](=O)[O-])cc1S(=O)(=O)NC1CC1. The summed E-state index contributed by atoms with van der Waals surface area (Å²) in [6.07, 6.45) is 3.05. The Balaban J connectivity index is 1.56. The molecule has 1 aromatic heterocycles. The highest BCUT2D eigenvalue weighted by molar-refractivity contribution is 7.89. The van der Waals surface area contributed by atoms with Crippen LogP contribution in [-0.2, 0) is 14.8 Å². The molecule has 39 heavy (non-hydrogen) atoms. The third-order valence-corrected chi connectivity index (χ3v) is 8.16. The van der Waals surface area contributed by atoms with Crippen molar-refractivity contribution in [3.05, 3.63) is 68.9 Å². The molecule has 2 aliphatic rings. The standard InChI is InChI=1S/C25H26ClN5O7S/c1-15-23(24(32)27-14-20-6-3-11-37-20)28-30(18-5-2-4-16(26)12-18)25(15)38-21-10-9-19(31(33)34)13-22(21)39(35,36)29-17-7-8-17/h2,4-5,9-10,12-13,17,20,29H,3,6-8,11,14H2,1H3,(H,27,32)/t20-/m1/s1. The first-order valence-electron chi connectivity index (χ1n) is 12.4. The van der Waals surface area contributed by atoms with Gasteiger partial charge in [0.1, 0.15) is 10.6 Å². The number of aromatic nitrogens is 2. The molecule has 14 heteroatoms. The highest BCUT2D eigenvalue weighted by Gasteiger charge is 2.32. The molecule has 5 rings (SSSR count). The monoisotopic (exact) mass is 575 g/mol. The molecule has 2 aromatic carbocycles. The number of carbonyl (C=O) groups is 1. The molecular formula is C25H26ClN5O7S. The van der Waals surface area contributed by atoms with Crippen molar-refractivity contribution < 1.29 is 27.6 Å². The first-order chi connectivity index (χ1) is 18.6. The zero-order valence-electron chi connectivity index (χ0n) is 20.9. The number of hydrogen-bond acceptors (Lipinski definition) is 8. The van der Waals surface area contributed by atoms with E-state index < -0.39 is 31.4 Å². The molecule has 2 fully saturated rings. The number of sulfonamides is 1. The van der Waals surface area contributed by atoms with Crippen molar-refractivity contribution in [1.82, 2.24) is 19.8 Å². The Kier molecular flexibility index (Phi) is 7.58. The molecule has 0 radical (unpaired) electrons. The van der Waals surface area contributed by atoms with Crippen LogP contribution in [0.5, 0.6) is 11.6 Å². The lowest BCUT2D eigenvalue weighted by atomic mass is 10.2. The predicted molar refractivity (Wildman–Crippen MR) is 141 cm³/mol. The summed E-state index contributed by atoms with van der Waals surface area (Å²) in [5.41, 5.74) is 0.441. The van der Waals surface area contributed by atoms with Gasteiger partial charge in [0.25, 0.3) is 11.6 Å². The summed E-state index contributed by atoms with van der Waals surface area (Å²) in [6, 6.07) is 9.74. The van der Waals surface area contributed by atoms with Gasteiger partial charge in [-0.2, -0.15) is 9.78 Å². The fourth-order valence-electron chi connectivity index (χ4n) is 4.19. The van der Waals surface area contributed by atoms with Gasteiger partial charge in [-0.15, -0.1) is 0 Å². The zero-order chi connectivity index (χ0) is 27.7. The number of halogens is 1. The molecule has 1 aliphatic heterocycles. The van der Waals surface area contributed by atoms with E-state index in [1.165, 1.54) is 10.7 Å². The molecule has 0 bridgehead atoms. The minimum atomic E-state index is -4.15. The molecule has 206 valence electrons. The van der Waals surface area contributed by atoms with Gasteiger partial charge in [0.05, 0.1) is 16.7 Å². The third kappa shape index (κ3) is 6.06. The molecule has 1 aliphatic carbocycles. The summed E-state index contributed by atoms with van der Waals surface area (Å²) in [5, 5.41) is 19.1. The van der Waals surface area contributed by atoms with E-state index in [2.05, 4.69) is 15.1 Å². The van der Waals surface area contributed by atoms with Crippen molar-refractivity contribution in [2.75, 3.05) is 13.2 Å². The Hall–Kier alpha value is -3.52. The second kappa shape index (κ2) is 10.9. The van der Waals surface area contributed by atoms with Crippen LogP contribution in [0.15, 0.2) is 47.4 Å². The van der Waals surface area contributed by atoms with Crippen LogP contribution in [0.2, 0.25) is 5.02 Å². The molecule has 1 amide bonds. The van der Waals surface area contributed by atoms with Crippen molar-refractivity contribution in [2.24, 2.45) is 0 Å². The largest absolute Gasteiger partial charge is 0.437 e. The van der Waals surface area contributed by atoms with Gasteiger partial charge in [-0.05, 0) is 56.9 Å². The maximum atomic E-state index is 13.1. The summed E-state index contributed by atoms with van der Waals surface area (Å²) in [6.45, 7) is 2.58. The van der Waals surface area contributed by atoms with E-state index in [1.54, 1.807) is 31.2 Å². The van der Waals surface area contributed by atoms with Gasteiger partial charge < -0.3 is 14.8 Å². The average molecular weight is 576 g/mol. The van der Waals surface area contributed by atoms with Gasteiger partial charge in [-0.3, -0.25) is 14.9 Å². The molecule has 0 spiro atoms. The van der Waals surface area contributed by atoms with Crippen molar-refractivity contribution >= 4 is 33.2 Å².